The minimum Gasteiger partial charge on any atom is -0.324 e. The normalized spacial score (nSPS) is 16.9. The number of fused-ring (bicyclic) bond motifs is 1. The number of aliphatic imine (C=N–C) groups is 2. The van der Waals surface area contributed by atoms with Gasteiger partial charge in [0.1, 0.15) is 5.04 Å². The van der Waals surface area contributed by atoms with Gasteiger partial charge in [-0.15, -0.1) is 0 Å². The van der Waals surface area contributed by atoms with Crippen LogP contribution in [0.4, 0.5) is 5.69 Å². The van der Waals surface area contributed by atoms with Gasteiger partial charge in [0, 0.05) is 66.7 Å². The van der Waals surface area contributed by atoms with Gasteiger partial charge in [0.25, 0.3) is 0 Å². The quantitative estimate of drug-likeness (QED) is 0.324. The van der Waals surface area contributed by atoms with E-state index in [-0.39, 0.29) is 11.7 Å². The van der Waals surface area contributed by atoms with Gasteiger partial charge in [-0.1, -0.05) is 58.0 Å². The average Bonchev–Trinajstić information content (AvgIpc) is 3.52. The van der Waals surface area contributed by atoms with Crippen molar-refractivity contribution in [3.8, 4) is 0 Å². The number of halogens is 1. The van der Waals surface area contributed by atoms with E-state index >= 15 is 0 Å². The molecule has 1 fully saturated rings. The van der Waals surface area contributed by atoms with Gasteiger partial charge in [0.05, 0.1) is 35.1 Å². The molecule has 2 aromatic carbocycles. The number of piperidine rings is 1. The largest absolute Gasteiger partial charge is 0.324 e. The van der Waals surface area contributed by atoms with Crippen LogP contribution in [0.1, 0.15) is 24.0 Å². The topological polar surface area (TPSA) is 87.8 Å². The van der Waals surface area contributed by atoms with Gasteiger partial charge in [0.2, 0.25) is 5.91 Å². The van der Waals surface area contributed by atoms with E-state index in [9.17, 15) is 4.79 Å². The molecule has 0 saturated carbocycles. The first-order chi connectivity index (χ1) is 18.9. The molecule has 4 aromatic rings. The lowest BCUT2D eigenvalue weighted by atomic mass is 9.98. The predicted molar refractivity (Wildman–Crippen MR) is 161 cm³/mol. The molecule has 2 aliphatic heterocycles. The Morgan fingerprint density at radius 2 is 1.87 bits per heavy atom. The number of aromatic nitrogens is 3. The summed E-state index contributed by atoms with van der Waals surface area (Å²) in [6.07, 6.45) is 7.37. The summed E-state index contributed by atoms with van der Waals surface area (Å²) in [6, 6.07) is 17.9. The molecule has 10 heteroatoms. The monoisotopic (exact) mass is 601 g/mol. The minimum absolute atomic E-state index is 0.0952. The maximum absolute atomic E-state index is 12.9. The van der Waals surface area contributed by atoms with E-state index in [1.807, 2.05) is 60.4 Å². The van der Waals surface area contributed by atoms with Crippen LogP contribution < -0.4 is 5.32 Å². The maximum atomic E-state index is 12.9. The van der Waals surface area contributed by atoms with Crippen LogP contribution in [0.25, 0.3) is 10.9 Å². The van der Waals surface area contributed by atoms with Crippen molar-refractivity contribution >= 4 is 60.9 Å². The number of rotatable bonds is 6. The van der Waals surface area contributed by atoms with E-state index in [1.165, 1.54) is 17.3 Å². The summed E-state index contributed by atoms with van der Waals surface area (Å²) < 4.78 is 2.85. The van der Waals surface area contributed by atoms with Crippen LogP contribution in [0.2, 0.25) is 0 Å². The van der Waals surface area contributed by atoms with Crippen LogP contribution >= 0.6 is 27.7 Å². The van der Waals surface area contributed by atoms with Crippen LogP contribution in [0.15, 0.2) is 87.6 Å². The number of hydrogen-bond donors (Lipinski definition) is 1. The van der Waals surface area contributed by atoms with Crippen molar-refractivity contribution in [3.63, 3.8) is 0 Å². The molecule has 1 N–H and O–H groups in total. The van der Waals surface area contributed by atoms with Gasteiger partial charge in [-0.3, -0.25) is 24.4 Å². The number of anilines is 1. The molecular formula is C29H28BrN7OS. The molecule has 198 valence electrons. The van der Waals surface area contributed by atoms with E-state index in [2.05, 4.69) is 54.6 Å². The predicted octanol–water partition coefficient (Wildman–Crippen LogP) is 5.30. The Hall–Kier alpha value is -3.34. The number of carbonyl (C=O) groups is 1. The second-order valence-corrected chi connectivity index (χ2v) is 11.8. The van der Waals surface area contributed by atoms with Crippen molar-refractivity contribution in [2.45, 2.75) is 25.0 Å². The molecule has 1 spiro atoms. The summed E-state index contributed by atoms with van der Waals surface area (Å²) in [5, 5.41) is 9.09. The van der Waals surface area contributed by atoms with Gasteiger partial charge in [-0.05, 0) is 24.3 Å². The molecule has 0 bridgehead atoms. The molecule has 0 aliphatic carbocycles. The zero-order valence-electron chi connectivity index (χ0n) is 21.5. The summed E-state index contributed by atoms with van der Waals surface area (Å²) in [7, 11) is 1.94. The number of nitrogens with zero attached hydrogens (tertiary/aromatic N) is 6. The highest BCUT2D eigenvalue weighted by atomic mass is 79.9. The molecule has 2 aliphatic rings. The third-order valence-electron chi connectivity index (χ3n) is 6.99. The fourth-order valence-corrected chi connectivity index (χ4v) is 6.13. The molecule has 1 amide bonds. The fourth-order valence-electron chi connectivity index (χ4n) is 4.99. The van der Waals surface area contributed by atoms with Crippen LogP contribution in [0, 0.1) is 0 Å². The molecule has 6 rings (SSSR count). The first-order valence-corrected chi connectivity index (χ1v) is 14.7. The lowest BCUT2D eigenvalue weighted by Gasteiger charge is -2.35. The highest BCUT2D eigenvalue weighted by Crippen LogP contribution is 2.36. The van der Waals surface area contributed by atoms with Crippen molar-refractivity contribution < 1.29 is 4.79 Å². The number of carbonyl (C=O) groups excluding carboxylic acids is 1. The lowest BCUT2D eigenvalue weighted by Crippen LogP contribution is -2.41. The van der Waals surface area contributed by atoms with Crippen molar-refractivity contribution in [1.82, 2.24) is 19.7 Å². The van der Waals surface area contributed by atoms with Crippen molar-refractivity contribution in [3.05, 3.63) is 88.8 Å². The highest BCUT2D eigenvalue weighted by Gasteiger charge is 2.39. The Balaban J connectivity index is 1.15. The first-order valence-electron chi connectivity index (χ1n) is 12.9. The number of hydrogen-bond acceptors (Lipinski definition) is 7. The molecule has 0 radical (unpaired) electrons. The number of benzene rings is 2. The van der Waals surface area contributed by atoms with Gasteiger partial charge >= 0.3 is 0 Å². The van der Waals surface area contributed by atoms with Crippen molar-refractivity contribution in [2.75, 3.05) is 24.2 Å². The average molecular weight is 603 g/mol. The summed E-state index contributed by atoms with van der Waals surface area (Å²) in [4.78, 5) is 30.1. The van der Waals surface area contributed by atoms with E-state index < -0.39 is 5.66 Å². The number of amides is 1. The number of nitrogens with one attached hydrogen (secondary N) is 1. The van der Waals surface area contributed by atoms with Crippen molar-refractivity contribution in [1.29, 1.82) is 0 Å². The van der Waals surface area contributed by atoms with Crippen LogP contribution in [0.5, 0.6) is 0 Å². The number of aryl methyl sites for hydroxylation is 1. The number of likely N-dealkylation sites (tertiary alicyclic amines) is 1. The lowest BCUT2D eigenvalue weighted by molar-refractivity contribution is -0.113. The Morgan fingerprint density at radius 1 is 1.08 bits per heavy atom. The fraction of sp³-hybridized carbons (Fsp3) is 0.276. The molecule has 1 saturated heterocycles. The first kappa shape index (κ1) is 25.9. The molecular weight excluding hydrogens is 574 g/mol. The molecule has 0 unspecified atom stereocenters. The summed E-state index contributed by atoms with van der Waals surface area (Å²) in [5.74, 6) is 0.145. The third-order valence-corrected chi connectivity index (χ3v) is 8.48. The minimum atomic E-state index is -0.477. The van der Waals surface area contributed by atoms with E-state index in [0.29, 0.717) is 5.69 Å². The van der Waals surface area contributed by atoms with Gasteiger partial charge in [-0.2, -0.15) is 5.10 Å². The SMILES string of the molecule is Cn1cc(CN2CCC3(CC2)N=C(SCC(=O)Nc2cnc4ccccc4c2)C(c2ccc(Br)cc2)=N3)cn1. The second kappa shape index (κ2) is 11.0. The number of para-hydroxylation sites is 1. The Labute approximate surface area is 239 Å². The molecule has 4 heterocycles. The van der Waals surface area contributed by atoms with Crippen LogP contribution in [0.3, 0.4) is 0 Å². The third kappa shape index (κ3) is 5.98. The standard InChI is InChI=1S/C29H28BrN7OS/c1-36-17-20(15-32-36)18-37-12-10-29(11-13-37)34-27(21-6-8-23(30)9-7-21)28(35-29)39-19-26(38)33-24-14-22-4-2-3-5-25(22)31-16-24/h2-9,14-17H,10-13,18-19H2,1H3,(H,33,38). The Morgan fingerprint density at radius 3 is 2.64 bits per heavy atom. The molecule has 8 nitrogen and oxygen atoms in total. The zero-order chi connectivity index (χ0) is 26.8. The highest BCUT2D eigenvalue weighted by molar-refractivity contribution is 9.10. The Kier molecular flexibility index (Phi) is 7.33. The summed E-state index contributed by atoms with van der Waals surface area (Å²) in [6.45, 7) is 2.69. The molecule has 0 atom stereocenters. The second-order valence-electron chi connectivity index (χ2n) is 9.92. The maximum Gasteiger partial charge on any atom is 0.234 e. The van der Waals surface area contributed by atoms with Crippen molar-refractivity contribution in [2.24, 2.45) is 17.0 Å². The number of thioether (sulfide) groups is 1. The van der Waals surface area contributed by atoms with Gasteiger partial charge in [0.15, 0.2) is 5.66 Å². The zero-order valence-corrected chi connectivity index (χ0v) is 24.0. The van der Waals surface area contributed by atoms with E-state index in [0.717, 1.165) is 64.2 Å². The number of pyridine rings is 1. The van der Waals surface area contributed by atoms with E-state index in [4.69, 9.17) is 9.98 Å². The van der Waals surface area contributed by atoms with Gasteiger partial charge in [-0.25, -0.2) is 4.99 Å². The van der Waals surface area contributed by atoms with E-state index in [1.54, 1.807) is 6.20 Å². The van der Waals surface area contributed by atoms with Crippen LogP contribution in [-0.4, -0.2) is 60.8 Å². The smallest absolute Gasteiger partial charge is 0.234 e. The summed E-state index contributed by atoms with van der Waals surface area (Å²) >= 11 is 4.97. The summed E-state index contributed by atoms with van der Waals surface area (Å²) in [5.41, 5.74) is 4.21. The van der Waals surface area contributed by atoms with Crippen LogP contribution in [-0.2, 0) is 18.4 Å². The molecule has 2 aromatic heterocycles. The van der Waals surface area contributed by atoms with Gasteiger partial charge < -0.3 is 5.32 Å². The Bertz CT molecular complexity index is 1570. The molecule has 39 heavy (non-hydrogen) atoms.